The zero-order valence-corrected chi connectivity index (χ0v) is 14.2. The molecule has 0 aromatic heterocycles. The number of amides is 1. The highest BCUT2D eigenvalue weighted by Gasteiger charge is 2.39. The molecule has 1 aliphatic rings. The third-order valence-electron chi connectivity index (χ3n) is 3.53. The molecule has 0 radical (unpaired) electrons. The highest BCUT2D eigenvalue weighted by molar-refractivity contribution is 5.83. The average Bonchev–Trinajstić information content (AvgIpc) is 3.03. The van der Waals surface area contributed by atoms with Crippen LogP contribution in [0.4, 0.5) is 26.7 Å². The molecule has 0 spiro atoms. The molecule has 1 aromatic carbocycles. The van der Waals surface area contributed by atoms with Crippen molar-refractivity contribution in [2.75, 3.05) is 6.54 Å². The first-order valence-corrected chi connectivity index (χ1v) is 7.66. The molecule has 0 bridgehead atoms. The summed E-state index contributed by atoms with van der Waals surface area (Å²) in [5, 5.41) is 0. The molecule has 1 atom stereocenters. The van der Waals surface area contributed by atoms with Crippen molar-refractivity contribution in [3.8, 4) is 5.75 Å². The third kappa shape index (κ3) is 3.88. The van der Waals surface area contributed by atoms with E-state index in [0.717, 1.165) is 4.90 Å². The summed E-state index contributed by atoms with van der Waals surface area (Å²) in [5.41, 5.74) is -0.852. The minimum absolute atomic E-state index is 0.0907. The number of nitrogens with zero attached hydrogens (tertiary/aromatic N) is 1. The largest absolute Gasteiger partial charge is 0.444 e. The number of esters is 1. The van der Waals surface area contributed by atoms with Gasteiger partial charge in [0.25, 0.3) is 0 Å². The maximum absolute atomic E-state index is 13.6. The van der Waals surface area contributed by atoms with Crippen molar-refractivity contribution in [2.24, 2.45) is 0 Å². The van der Waals surface area contributed by atoms with E-state index in [0.29, 0.717) is 6.42 Å². The molecule has 0 aliphatic carbocycles. The van der Waals surface area contributed by atoms with Gasteiger partial charge in [0.1, 0.15) is 11.6 Å². The molecule has 1 heterocycles. The van der Waals surface area contributed by atoms with Gasteiger partial charge in [-0.15, -0.1) is 0 Å². The van der Waals surface area contributed by atoms with E-state index in [1.54, 1.807) is 20.8 Å². The van der Waals surface area contributed by atoms with Gasteiger partial charge in [0.2, 0.25) is 34.8 Å². The van der Waals surface area contributed by atoms with Crippen LogP contribution in [0.3, 0.4) is 0 Å². The van der Waals surface area contributed by atoms with Crippen molar-refractivity contribution in [2.45, 2.75) is 45.3 Å². The van der Waals surface area contributed by atoms with Crippen LogP contribution >= 0.6 is 0 Å². The summed E-state index contributed by atoms with van der Waals surface area (Å²) in [6.45, 7) is 4.92. The number of rotatable bonds is 2. The van der Waals surface area contributed by atoms with Gasteiger partial charge in [0.15, 0.2) is 0 Å². The van der Waals surface area contributed by atoms with Crippen molar-refractivity contribution in [1.82, 2.24) is 4.90 Å². The van der Waals surface area contributed by atoms with Crippen LogP contribution in [0.25, 0.3) is 0 Å². The van der Waals surface area contributed by atoms with E-state index in [1.165, 1.54) is 0 Å². The van der Waals surface area contributed by atoms with Gasteiger partial charge in [-0.05, 0) is 33.6 Å². The molecule has 1 aromatic rings. The van der Waals surface area contributed by atoms with Gasteiger partial charge in [0, 0.05) is 6.54 Å². The SMILES string of the molecule is CC(C)(C)OC(=O)N1CCC[C@@H]1C(=O)Oc1c(F)c(F)c(F)c(F)c1F. The van der Waals surface area contributed by atoms with Crippen LogP contribution in [-0.2, 0) is 9.53 Å². The Morgan fingerprint density at radius 2 is 1.46 bits per heavy atom. The number of carbonyl (C=O) groups is 2. The van der Waals surface area contributed by atoms with Gasteiger partial charge in [-0.3, -0.25) is 4.90 Å². The number of hydrogen-bond donors (Lipinski definition) is 0. The summed E-state index contributed by atoms with van der Waals surface area (Å²) < 4.78 is 76.2. The lowest BCUT2D eigenvalue weighted by molar-refractivity contribution is -0.139. The summed E-state index contributed by atoms with van der Waals surface area (Å²) in [7, 11) is 0. The van der Waals surface area contributed by atoms with Gasteiger partial charge in [-0.1, -0.05) is 0 Å². The molecule has 26 heavy (non-hydrogen) atoms. The minimum Gasteiger partial charge on any atom is -0.444 e. The van der Waals surface area contributed by atoms with Gasteiger partial charge >= 0.3 is 12.1 Å². The highest BCUT2D eigenvalue weighted by atomic mass is 19.2. The molecule has 1 aliphatic heterocycles. The molecule has 0 saturated carbocycles. The quantitative estimate of drug-likeness (QED) is 0.258. The van der Waals surface area contributed by atoms with E-state index in [9.17, 15) is 31.5 Å². The Balaban J connectivity index is 2.24. The third-order valence-corrected chi connectivity index (χ3v) is 3.53. The second-order valence-corrected chi connectivity index (χ2v) is 6.65. The first-order chi connectivity index (χ1) is 11.9. The van der Waals surface area contributed by atoms with Crippen LogP contribution in [0, 0.1) is 29.1 Å². The van der Waals surface area contributed by atoms with E-state index < -0.39 is 58.5 Å². The van der Waals surface area contributed by atoms with E-state index in [-0.39, 0.29) is 13.0 Å². The van der Waals surface area contributed by atoms with Gasteiger partial charge in [-0.2, -0.15) is 8.78 Å². The monoisotopic (exact) mass is 381 g/mol. The Labute approximate surface area is 145 Å². The Morgan fingerprint density at radius 1 is 0.962 bits per heavy atom. The number of hydrogen-bond acceptors (Lipinski definition) is 4. The number of likely N-dealkylation sites (tertiary alicyclic amines) is 1. The summed E-state index contributed by atoms with van der Waals surface area (Å²) >= 11 is 0. The molecule has 1 amide bonds. The number of carbonyl (C=O) groups excluding carboxylic acids is 2. The van der Waals surface area contributed by atoms with Crippen LogP contribution in [0.5, 0.6) is 5.75 Å². The lowest BCUT2D eigenvalue weighted by atomic mass is 10.2. The van der Waals surface area contributed by atoms with E-state index in [4.69, 9.17) is 4.74 Å². The molecule has 10 heteroatoms. The normalized spacial score (nSPS) is 17.4. The van der Waals surface area contributed by atoms with Gasteiger partial charge in [0.05, 0.1) is 0 Å². The average molecular weight is 381 g/mol. The van der Waals surface area contributed by atoms with Crippen LogP contribution in [0.2, 0.25) is 0 Å². The fraction of sp³-hybridized carbons (Fsp3) is 0.500. The smallest absolute Gasteiger partial charge is 0.411 e. The predicted molar refractivity (Wildman–Crippen MR) is 77.8 cm³/mol. The van der Waals surface area contributed by atoms with Crippen molar-refractivity contribution in [1.29, 1.82) is 0 Å². The standard InChI is InChI=1S/C16H16F5NO4/c1-16(2,3)26-15(24)22-6-4-5-7(22)14(23)25-13-11(20)9(18)8(17)10(19)12(13)21/h7H,4-6H2,1-3H3/t7-/m1/s1. The lowest BCUT2D eigenvalue weighted by Gasteiger charge is -2.27. The Hall–Kier alpha value is -2.39. The maximum atomic E-state index is 13.6. The van der Waals surface area contributed by atoms with Crippen LogP contribution < -0.4 is 4.74 Å². The van der Waals surface area contributed by atoms with Crippen LogP contribution in [0.1, 0.15) is 33.6 Å². The van der Waals surface area contributed by atoms with Crippen molar-refractivity contribution in [3.05, 3.63) is 29.1 Å². The van der Waals surface area contributed by atoms with Crippen molar-refractivity contribution >= 4 is 12.1 Å². The summed E-state index contributed by atoms with van der Waals surface area (Å²) in [4.78, 5) is 25.2. The summed E-state index contributed by atoms with van der Waals surface area (Å²) in [6, 6.07) is -1.26. The Kier molecular flexibility index (Phi) is 5.43. The molecule has 2 rings (SSSR count). The number of halogens is 5. The zero-order chi connectivity index (χ0) is 19.8. The fourth-order valence-corrected chi connectivity index (χ4v) is 2.39. The van der Waals surface area contributed by atoms with E-state index >= 15 is 0 Å². The molecule has 1 fully saturated rings. The molecular formula is C16H16F5NO4. The van der Waals surface area contributed by atoms with Crippen LogP contribution in [0.15, 0.2) is 0 Å². The second kappa shape index (κ2) is 7.08. The van der Waals surface area contributed by atoms with E-state index in [2.05, 4.69) is 4.74 Å². The molecule has 5 nitrogen and oxygen atoms in total. The summed E-state index contributed by atoms with van der Waals surface area (Å²) in [6.07, 6.45) is -0.391. The summed E-state index contributed by atoms with van der Waals surface area (Å²) in [5.74, 6) is -14.4. The number of benzene rings is 1. The molecule has 1 saturated heterocycles. The first kappa shape index (κ1) is 19.9. The minimum atomic E-state index is -2.36. The zero-order valence-electron chi connectivity index (χ0n) is 14.2. The molecule has 0 unspecified atom stereocenters. The first-order valence-electron chi connectivity index (χ1n) is 7.66. The molecule has 0 N–H and O–H groups in total. The Bertz CT molecular complexity index is 718. The van der Waals surface area contributed by atoms with E-state index in [1.807, 2.05) is 0 Å². The second-order valence-electron chi connectivity index (χ2n) is 6.65. The molecular weight excluding hydrogens is 365 g/mol. The fourth-order valence-electron chi connectivity index (χ4n) is 2.39. The predicted octanol–water partition coefficient (Wildman–Crippen LogP) is 3.69. The maximum Gasteiger partial charge on any atom is 0.411 e. The van der Waals surface area contributed by atoms with Gasteiger partial charge in [-0.25, -0.2) is 22.8 Å². The van der Waals surface area contributed by atoms with Gasteiger partial charge < -0.3 is 9.47 Å². The van der Waals surface area contributed by atoms with Crippen LogP contribution in [-0.4, -0.2) is 35.2 Å². The van der Waals surface area contributed by atoms with Crippen molar-refractivity contribution < 1.29 is 41.0 Å². The highest BCUT2D eigenvalue weighted by Crippen LogP contribution is 2.30. The lowest BCUT2D eigenvalue weighted by Crippen LogP contribution is -2.45. The topological polar surface area (TPSA) is 55.8 Å². The Morgan fingerprint density at radius 3 is 1.96 bits per heavy atom. The number of ether oxygens (including phenoxy) is 2. The van der Waals surface area contributed by atoms with Crippen molar-refractivity contribution in [3.63, 3.8) is 0 Å². The molecule has 144 valence electrons.